The third-order valence-electron chi connectivity index (χ3n) is 6.10. The number of benzene rings is 1. The molecule has 1 aromatic rings. The molecule has 2 aliphatic carbocycles. The van der Waals surface area contributed by atoms with Gasteiger partial charge in [0, 0.05) is 11.5 Å². The number of hydrogen-bond donors (Lipinski definition) is 1. The van der Waals surface area contributed by atoms with Crippen molar-refractivity contribution in [3.63, 3.8) is 0 Å². The van der Waals surface area contributed by atoms with Crippen LogP contribution < -0.4 is 30.1 Å². The molecule has 0 radical (unpaired) electrons. The van der Waals surface area contributed by atoms with E-state index in [1.807, 2.05) is 0 Å². The molecule has 0 amide bonds. The van der Waals surface area contributed by atoms with Gasteiger partial charge < -0.3 is 30.1 Å². The van der Waals surface area contributed by atoms with Crippen LogP contribution in [0.3, 0.4) is 0 Å². The summed E-state index contributed by atoms with van der Waals surface area (Å²) in [6.07, 6.45) is 10.9. The zero-order valence-corrected chi connectivity index (χ0v) is 19.9. The van der Waals surface area contributed by atoms with Crippen LogP contribution in [-0.4, -0.2) is 12.6 Å². The van der Waals surface area contributed by atoms with Crippen LogP contribution in [-0.2, 0) is 28.1 Å². The second kappa shape index (κ2) is 10.8. The molecule has 4 heteroatoms. The fourth-order valence-corrected chi connectivity index (χ4v) is 4.15. The van der Waals surface area contributed by atoms with Gasteiger partial charge in [0.2, 0.25) is 0 Å². The summed E-state index contributed by atoms with van der Waals surface area (Å²) in [5, 5.41) is 3.56. The summed E-state index contributed by atoms with van der Waals surface area (Å²) < 4.78 is 0. The van der Waals surface area contributed by atoms with Crippen LogP contribution in [0.5, 0.6) is 0 Å². The summed E-state index contributed by atoms with van der Waals surface area (Å²) in [6.45, 7) is 9.17. The number of allylic oxidation sites excluding steroid dienone is 6. The quantitative estimate of drug-likeness (QED) is 0.624. The van der Waals surface area contributed by atoms with Crippen molar-refractivity contribution in [1.82, 2.24) is 5.32 Å². The van der Waals surface area contributed by atoms with Gasteiger partial charge in [0.25, 0.3) is 0 Å². The van der Waals surface area contributed by atoms with Crippen molar-refractivity contribution in [3.05, 3.63) is 76.4 Å². The van der Waals surface area contributed by atoms with Crippen molar-refractivity contribution < 1.29 is 46.5 Å². The second-order valence-corrected chi connectivity index (χ2v) is 7.30. The van der Waals surface area contributed by atoms with Crippen molar-refractivity contribution >= 4 is 5.57 Å². The standard InChI is InChI=1S/C23H29N.2ClH.Ti/c1-16-17(2)19(4)22(18(16)3)21-12-8-7-11-20(21)15-23(24-5)13-9-6-10-14-23;;;/h6-13,18,24H,14-15H2,1-5H3;2*1H;/q;;;+2/p-2. The van der Waals surface area contributed by atoms with E-state index in [2.05, 4.69) is 88.6 Å². The molecular formula is C23H29Cl2NTi. The van der Waals surface area contributed by atoms with E-state index in [0.29, 0.717) is 5.92 Å². The average molecular weight is 438 g/mol. The minimum Gasteiger partial charge on any atom is -1.00 e. The molecule has 1 nitrogen and oxygen atoms in total. The van der Waals surface area contributed by atoms with Crippen molar-refractivity contribution in [1.29, 1.82) is 0 Å². The molecule has 0 heterocycles. The zero-order valence-electron chi connectivity index (χ0n) is 16.9. The minimum absolute atomic E-state index is 0. The van der Waals surface area contributed by atoms with Crippen LogP contribution in [0.1, 0.15) is 45.2 Å². The van der Waals surface area contributed by atoms with Gasteiger partial charge in [0.05, 0.1) is 0 Å². The Bertz CT molecular complexity index is 776. The van der Waals surface area contributed by atoms with E-state index in [0.717, 1.165) is 12.8 Å². The summed E-state index contributed by atoms with van der Waals surface area (Å²) >= 11 is 0. The van der Waals surface area contributed by atoms with E-state index in [1.165, 1.54) is 33.4 Å². The number of nitrogens with one attached hydrogen (secondary N) is 1. The topological polar surface area (TPSA) is 12.0 Å². The monoisotopic (exact) mass is 437 g/mol. The molecule has 0 bridgehead atoms. The Labute approximate surface area is 192 Å². The number of rotatable bonds is 4. The van der Waals surface area contributed by atoms with Gasteiger partial charge >= 0.3 is 21.7 Å². The maximum Gasteiger partial charge on any atom is 2.00 e. The average Bonchev–Trinajstić information content (AvgIpc) is 2.80. The fourth-order valence-electron chi connectivity index (χ4n) is 4.15. The van der Waals surface area contributed by atoms with Crippen LogP contribution in [0.2, 0.25) is 0 Å². The van der Waals surface area contributed by atoms with Gasteiger partial charge in [-0.1, -0.05) is 61.1 Å². The smallest absolute Gasteiger partial charge is 1.00 e. The first-order chi connectivity index (χ1) is 11.5. The Morgan fingerprint density at radius 3 is 2.22 bits per heavy atom. The Morgan fingerprint density at radius 1 is 1.04 bits per heavy atom. The molecule has 2 aliphatic rings. The van der Waals surface area contributed by atoms with Crippen molar-refractivity contribution in [2.45, 2.75) is 46.1 Å². The molecule has 3 rings (SSSR count). The predicted molar refractivity (Wildman–Crippen MR) is 105 cm³/mol. The first-order valence-electron chi connectivity index (χ1n) is 8.99. The molecule has 2 unspecified atom stereocenters. The molecule has 1 aromatic carbocycles. The summed E-state index contributed by atoms with van der Waals surface area (Å²) in [7, 11) is 2.07. The molecule has 0 aromatic heterocycles. The van der Waals surface area contributed by atoms with Crippen LogP contribution >= 0.6 is 0 Å². The zero-order chi connectivity index (χ0) is 17.3. The largest absolute Gasteiger partial charge is 2.00 e. The summed E-state index contributed by atoms with van der Waals surface area (Å²) in [6, 6.07) is 8.96. The van der Waals surface area contributed by atoms with E-state index in [1.54, 1.807) is 0 Å². The second-order valence-electron chi connectivity index (χ2n) is 7.30. The maximum atomic E-state index is 3.56. The summed E-state index contributed by atoms with van der Waals surface area (Å²) in [5.41, 5.74) is 8.86. The van der Waals surface area contributed by atoms with Gasteiger partial charge in [-0.05, 0) is 68.5 Å². The Hall–Kier alpha value is -0.566. The Morgan fingerprint density at radius 2 is 1.70 bits per heavy atom. The van der Waals surface area contributed by atoms with Crippen LogP contribution in [0.25, 0.3) is 5.57 Å². The van der Waals surface area contributed by atoms with Gasteiger partial charge in [-0.15, -0.1) is 0 Å². The van der Waals surface area contributed by atoms with E-state index >= 15 is 0 Å². The van der Waals surface area contributed by atoms with Crippen molar-refractivity contribution in [2.75, 3.05) is 7.05 Å². The molecule has 0 fully saturated rings. The van der Waals surface area contributed by atoms with Gasteiger partial charge in [-0.2, -0.15) is 0 Å². The molecule has 1 N–H and O–H groups in total. The van der Waals surface area contributed by atoms with Crippen LogP contribution in [0, 0.1) is 5.92 Å². The van der Waals surface area contributed by atoms with E-state index in [-0.39, 0.29) is 52.1 Å². The molecule has 0 saturated carbocycles. The number of halogens is 2. The minimum atomic E-state index is 0. The third kappa shape index (κ3) is 5.08. The van der Waals surface area contributed by atoms with Gasteiger partial charge in [-0.3, -0.25) is 0 Å². The molecule has 0 aliphatic heterocycles. The molecule has 144 valence electrons. The normalized spacial score (nSPS) is 23.7. The molecular weight excluding hydrogens is 409 g/mol. The van der Waals surface area contributed by atoms with E-state index in [4.69, 9.17) is 0 Å². The van der Waals surface area contributed by atoms with Crippen molar-refractivity contribution in [2.24, 2.45) is 5.92 Å². The van der Waals surface area contributed by atoms with Gasteiger partial charge in [-0.25, -0.2) is 0 Å². The predicted octanol–water partition coefficient (Wildman–Crippen LogP) is -0.531. The summed E-state index contributed by atoms with van der Waals surface area (Å²) in [5.74, 6) is 0.512. The first-order valence-corrected chi connectivity index (χ1v) is 8.99. The number of hydrogen-bond acceptors (Lipinski definition) is 1. The number of likely N-dealkylation sites (N-methyl/N-ethyl adjacent to an activating group) is 1. The fraction of sp³-hybridized carbons (Fsp3) is 0.391. The van der Waals surface area contributed by atoms with Crippen LogP contribution in [0.4, 0.5) is 0 Å². The Balaban J connectivity index is 0.00000225. The molecule has 0 spiro atoms. The van der Waals surface area contributed by atoms with Gasteiger partial charge in [0.1, 0.15) is 0 Å². The summed E-state index contributed by atoms with van der Waals surface area (Å²) in [4.78, 5) is 0. The van der Waals surface area contributed by atoms with E-state index in [9.17, 15) is 0 Å². The SMILES string of the molecule is CNC1(Cc2ccccc2C2=C(C)C(C)=C(C)C2C)C=CC=CC1.[Cl-].[Cl-].[Ti+2]. The first kappa shape index (κ1) is 26.4. The molecule has 2 atom stereocenters. The van der Waals surface area contributed by atoms with E-state index < -0.39 is 0 Å². The van der Waals surface area contributed by atoms with Crippen LogP contribution in [0.15, 0.2) is 65.3 Å². The Kier molecular flexibility index (Phi) is 10.6. The van der Waals surface area contributed by atoms with Gasteiger partial charge in [0.15, 0.2) is 0 Å². The molecule has 0 saturated heterocycles. The maximum absolute atomic E-state index is 3.56. The van der Waals surface area contributed by atoms with Crippen molar-refractivity contribution in [3.8, 4) is 0 Å². The molecule has 27 heavy (non-hydrogen) atoms. The third-order valence-corrected chi connectivity index (χ3v) is 6.10.